The highest BCUT2D eigenvalue weighted by molar-refractivity contribution is 6.04. The van der Waals surface area contributed by atoms with Crippen LogP contribution < -0.4 is 5.32 Å². The highest BCUT2D eigenvalue weighted by atomic mass is 19.1. The first-order valence-electron chi connectivity index (χ1n) is 9.03. The molecule has 3 rings (SSSR count). The third-order valence-electron chi connectivity index (χ3n) is 4.34. The molecule has 1 amide bonds. The van der Waals surface area contributed by atoms with Gasteiger partial charge in [-0.25, -0.2) is 9.18 Å². The Morgan fingerprint density at radius 1 is 1.14 bits per heavy atom. The smallest absolute Gasteiger partial charge is 0.339 e. The number of esters is 1. The highest BCUT2D eigenvalue weighted by Crippen LogP contribution is 2.19. The van der Waals surface area contributed by atoms with Gasteiger partial charge in [0.1, 0.15) is 5.82 Å². The SMILES string of the molecule is Cc1cc(C(=O)O[C@@H](C)C(=O)NCCc2ccc(F)cc2)c2ccccc2n1. The number of pyridine rings is 1. The molecule has 0 fully saturated rings. The first-order valence-corrected chi connectivity index (χ1v) is 9.03. The van der Waals surface area contributed by atoms with Crippen molar-refractivity contribution < 1.29 is 18.7 Å². The molecule has 1 aromatic heterocycles. The monoisotopic (exact) mass is 380 g/mol. The summed E-state index contributed by atoms with van der Waals surface area (Å²) < 4.78 is 18.3. The molecule has 0 saturated heterocycles. The second kappa shape index (κ2) is 8.61. The van der Waals surface area contributed by atoms with E-state index in [1.54, 1.807) is 31.2 Å². The standard InChI is InChI=1S/C22H21FN2O3/c1-14-13-19(18-5-3-4-6-20(18)25-14)22(27)28-15(2)21(26)24-12-11-16-7-9-17(23)10-8-16/h3-10,13,15H,11-12H2,1-2H3,(H,24,26)/t15-/m0/s1. The van der Waals surface area contributed by atoms with Crippen LogP contribution >= 0.6 is 0 Å². The molecule has 1 atom stereocenters. The molecular formula is C22H21FN2O3. The molecule has 1 N–H and O–H groups in total. The van der Waals surface area contributed by atoms with Gasteiger partial charge in [-0.05, 0) is 50.1 Å². The normalized spacial score (nSPS) is 11.8. The number of hydrogen-bond acceptors (Lipinski definition) is 4. The van der Waals surface area contributed by atoms with E-state index in [0.29, 0.717) is 35.1 Å². The molecule has 3 aromatic rings. The molecule has 0 aliphatic carbocycles. The van der Waals surface area contributed by atoms with E-state index >= 15 is 0 Å². The van der Waals surface area contributed by atoms with Crippen molar-refractivity contribution in [3.63, 3.8) is 0 Å². The van der Waals surface area contributed by atoms with Crippen LogP contribution in [-0.2, 0) is 16.0 Å². The number of ether oxygens (including phenoxy) is 1. The lowest BCUT2D eigenvalue weighted by molar-refractivity contribution is -0.129. The zero-order valence-electron chi connectivity index (χ0n) is 15.7. The topological polar surface area (TPSA) is 68.3 Å². The Balaban J connectivity index is 1.59. The van der Waals surface area contributed by atoms with Crippen LogP contribution in [0.4, 0.5) is 4.39 Å². The van der Waals surface area contributed by atoms with Crippen molar-refractivity contribution >= 4 is 22.8 Å². The van der Waals surface area contributed by atoms with E-state index < -0.39 is 12.1 Å². The summed E-state index contributed by atoms with van der Waals surface area (Å²) >= 11 is 0. The van der Waals surface area contributed by atoms with Crippen LogP contribution in [0, 0.1) is 12.7 Å². The summed E-state index contributed by atoms with van der Waals surface area (Å²) in [6, 6.07) is 15.0. The van der Waals surface area contributed by atoms with Gasteiger partial charge in [-0.15, -0.1) is 0 Å². The van der Waals surface area contributed by atoms with E-state index in [1.807, 2.05) is 18.2 Å². The Morgan fingerprint density at radius 2 is 1.86 bits per heavy atom. The summed E-state index contributed by atoms with van der Waals surface area (Å²) in [7, 11) is 0. The van der Waals surface area contributed by atoms with Crippen molar-refractivity contribution in [3.8, 4) is 0 Å². The van der Waals surface area contributed by atoms with Gasteiger partial charge in [0, 0.05) is 17.6 Å². The summed E-state index contributed by atoms with van der Waals surface area (Å²) in [5, 5.41) is 3.41. The third-order valence-corrected chi connectivity index (χ3v) is 4.34. The lowest BCUT2D eigenvalue weighted by Crippen LogP contribution is -2.37. The minimum Gasteiger partial charge on any atom is -0.449 e. The molecule has 0 saturated carbocycles. The number of benzene rings is 2. The number of rotatable bonds is 6. The summed E-state index contributed by atoms with van der Waals surface area (Å²) in [6.45, 7) is 3.69. The van der Waals surface area contributed by atoms with E-state index in [9.17, 15) is 14.0 Å². The molecule has 2 aromatic carbocycles. The second-order valence-corrected chi connectivity index (χ2v) is 6.54. The van der Waals surface area contributed by atoms with Crippen molar-refractivity contribution in [2.45, 2.75) is 26.4 Å². The van der Waals surface area contributed by atoms with Crippen molar-refractivity contribution in [1.29, 1.82) is 0 Å². The zero-order valence-corrected chi connectivity index (χ0v) is 15.7. The van der Waals surface area contributed by atoms with Gasteiger partial charge >= 0.3 is 5.97 Å². The van der Waals surface area contributed by atoms with Gasteiger partial charge in [0.2, 0.25) is 0 Å². The van der Waals surface area contributed by atoms with E-state index in [2.05, 4.69) is 10.3 Å². The molecule has 0 spiro atoms. The second-order valence-electron chi connectivity index (χ2n) is 6.54. The fourth-order valence-corrected chi connectivity index (χ4v) is 2.88. The van der Waals surface area contributed by atoms with Gasteiger partial charge in [-0.3, -0.25) is 9.78 Å². The molecule has 0 unspecified atom stereocenters. The number of fused-ring (bicyclic) bond motifs is 1. The van der Waals surface area contributed by atoms with Crippen molar-refractivity contribution in [2.75, 3.05) is 6.54 Å². The molecule has 1 heterocycles. The quantitative estimate of drug-likeness (QED) is 0.664. The van der Waals surface area contributed by atoms with Gasteiger partial charge < -0.3 is 10.1 Å². The van der Waals surface area contributed by atoms with Crippen LogP contribution in [0.15, 0.2) is 54.6 Å². The first-order chi connectivity index (χ1) is 13.4. The number of carbonyl (C=O) groups is 2. The molecule has 0 aliphatic heterocycles. The van der Waals surface area contributed by atoms with Crippen LogP contribution in [-0.4, -0.2) is 29.5 Å². The molecule has 0 bridgehead atoms. The van der Waals surface area contributed by atoms with E-state index in [1.165, 1.54) is 19.1 Å². The summed E-state index contributed by atoms with van der Waals surface area (Å²) in [5.41, 5.74) is 2.69. The van der Waals surface area contributed by atoms with Gasteiger partial charge in [0.25, 0.3) is 5.91 Å². The first kappa shape index (κ1) is 19.5. The average Bonchev–Trinajstić information content (AvgIpc) is 2.68. The number of aryl methyl sites for hydroxylation is 1. The Labute approximate surface area is 162 Å². The Kier molecular flexibility index (Phi) is 5.99. The number of hydrogen-bond donors (Lipinski definition) is 1. The van der Waals surface area contributed by atoms with Gasteiger partial charge in [-0.2, -0.15) is 0 Å². The number of amides is 1. The maximum atomic E-state index is 12.9. The lowest BCUT2D eigenvalue weighted by atomic mass is 10.1. The number of carbonyl (C=O) groups excluding carboxylic acids is 2. The fourth-order valence-electron chi connectivity index (χ4n) is 2.88. The van der Waals surface area contributed by atoms with E-state index in [4.69, 9.17) is 4.74 Å². The van der Waals surface area contributed by atoms with Crippen LogP contribution in [0.2, 0.25) is 0 Å². The Hall–Kier alpha value is -3.28. The minimum atomic E-state index is -0.937. The van der Waals surface area contributed by atoms with Crippen molar-refractivity contribution in [2.24, 2.45) is 0 Å². The summed E-state index contributed by atoms with van der Waals surface area (Å²) in [6.07, 6.45) is -0.381. The van der Waals surface area contributed by atoms with Crippen LogP contribution in [0.3, 0.4) is 0 Å². The summed E-state index contributed by atoms with van der Waals surface area (Å²) in [5.74, 6) is -1.25. The fraction of sp³-hybridized carbons (Fsp3) is 0.227. The number of para-hydroxylation sites is 1. The Morgan fingerprint density at radius 3 is 2.61 bits per heavy atom. The molecule has 6 heteroatoms. The minimum absolute atomic E-state index is 0.299. The van der Waals surface area contributed by atoms with Gasteiger partial charge in [-0.1, -0.05) is 30.3 Å². The molecule has 5 nitrogen and oxygen atoms in total. The predicted octanol–water partition coefficient (Wildman–Crippen LogP) is 3.59. The van der Waals surface area contributed by atoms with Gasteiger partial charge in [0.05, 0.1) is 11.1 Å². The Bertz CT molecular complexity index is 1000. The highest BCUT2D eigenvalue weighted by Gasteiger charge is 2.20. The zero-order chi connectivity index (χ0) is 20.1. The maximum Gasteiger partial charge on any atom is 0.339 e. The number of aromatic nitrogens is 1. The lowest BCUT2D eigenvalue weighted by Gasteiger charge is -2.14. The van der Waals surface area contributed by atoms with Gasteiger partial charge in [0.15, 0.2) is 6.10 Å². The molecule has 28 heavy (non-hydrogen) atoms. The van der Waals surface area contributed by atoms with E-state index in [-0.39, 0.29) is 11.7 Å². The molecular weight excluding hydrogens is 359 g/mol. The largest absolute Gasteiger partial charge is 0.449 e. The van der Waals surface area contributed by atoms with Crippen molar-refractivity contribution in [1.82, 2.24) is 10.3 Å². The molecule has 0 aliphatic rings. The number of halogens is 1. The predicted molar refractivity (Wildman–Crippen MR) is 104 cm³/mol. The van der Waals surface area contributed by atoms with Crippen LogP contribution in [0.5, 0.6) is 0 Å². The number of nitrogens with one attached hydrogen (secondary N) is 1. The maximum absolute atomic E-state index is 12.9. The average molecular weight is 380 g/mol. The summed E-state index contributed by atoms with van der Waals surface area (Å²) in [4.78, 5) is 29.2. The van der Waals surface area contributed by atoms with Crippen LogP contribution in [0.25, 0.3) is 10.9 Å². The van der Waals surface area contributed by atoms with Crippen molar-refractivity contribution in [3.05, 3.63) is 77.2 Å². The van der Waals surface area contributed by atoms with E-state index in [0.717, 1.165) is 5.56 Å². The van der Waals surface area contributed by atoms with Crippen LogP contribution in [0.1, 0.15) is 28.5 Å². The third kappa shape index (κ3) is 4.71. The molecule has 0 radical (unpaired) electrons. The number of nitrogens with zero attached hydrogens (tertiary/aromatic N) is 1. The molecule has 144 valence electrons.